The molecule has 0 saturated carbocycles. The van der Waals surface area contributed by atoms with Gasteiger partial charge in [-0.05, 0) is 42.0 Å². The van der Waals surface area contributed by atoms with Gasteiger partial charge in [0.05, 0.1) is 0 Å². The fourth-order valence-electron chi connectivity index (χ4n) is 3.16. The second-order valence-electron chi connectivity index (χ2n) is 6.24. The molecule has 1 aliphatic heterocycles. The van der Waals surface area contributed by atoms with Crippen molar-refractivity contribution in [3.63, 3.8) is 0 Å². The average Bonchev–Trinajstić information content (AvgIpc) is 2.92. The summed E-state index contributed by atoms with van der Waals surface area (Å²) in [6.45, 7) is 0. The Bertz CT molecular complexity index is 1050. The Hall–Kier alpha value is -3.12. The molecule has 3 aromatic rings. The van der Waals surface area contributed by atoms with E-state index in [2.05, 4.69) is 0 Å². The van der Waals surface area contributed by atoms with Crippen LogP contribution in [-0.2, 0) is 14.6 Å². The van der Waals surface area contributed by atoms with Gasteiger partial charge in [0, 0.05) is 5.69 Å². The Morgan fingerprint density at radius 3 is 1.96 bits per heavy atom. The summed E-state index contributed by atoms with van der Waals surface area (Å²) >= 11 is 0. The number of benzene rings is 3. The molecule has 1 amide bonds. The van der Waals surface area contributed by atoms with Crippen molar-refractivity contribution in [1.29, 1.82) is 0 Å². The van der Waals surface area contributed by atoms with E-state index >= 15 is 0 Å². The maximum absolute atomic E-state index is 12.6. The van der Waals surface area contributed by atoms with Gasteiger partial charge >= 0.3 is 0 Å². The lowest BCUT2D eigenvalue weighted by molar-refractivity contribution is -0.115. The van der Waals surface area contributed by atoms with E-state index in [1.165, 1.54) is 4.90 Å². The molecule has 5 nitrogen and oxygen atoms in total. The van der Waals surface area contributed by atoms with Crippen molar-refractivity contribution < 1.29 is 17.9 Å². The Morgan fingerprint density at radius 1 is 0.778 bits per heavy atom. The molecule has 0 N–H and O–H groups in total. The minimum Gasteiger partial charge on any atom is -0.457 e. The molecule has 136 valence electrons. The SMILES string of the molecule is O=C1CS(=O)(=O)[C@@H](c2ccc(Oc3ccccc3)cc2)N1c1ccccc1. The summed E-state index contributed by atoms with van der Waals surface area (Å²) in [5, 5.41) is -1.03. The molecule has 0 aliphatic carbocycles. The number of ether oxygens (including phenoxy) is 1. The number of sulfone groups is 1. The molecule has 0 spiro atoms. The number of carbonyl (C=O) groups is 1. The van der Waals surface area contributed by atoms with Crippen molar-refractivity contribution in [2.45, 2.75) is 5.37 Å². The summed E-state index contributed by atoms with van der Waals surface area (Å²) < 4.78 is 31.0. The van der Waals surface area contributed by atoms with E-state index in [0.29, 0.717) is 22.7 Å². The highest BCUT2D eigenvalue weighted by molar-refractivity contribution is 7.93. The van der Waals surface area contributed by atoms with E-state index in [1.54, 1.807) is 48.5 Å². The lowest BCUT2D eigenvalue weighted by atomic mass is 10.2. The minimum absolute atomic E-state index is 0.421. The van der Waals surface area contributed by atoms with Gasteiger partial charge in [0.15, 0.2) is 15.2 Å². The second kappa shape index (κ2) is 6.89. The molecule has 0 radical (unpaired) electrons. The molecular formula is C21H17NO4S. The number of hydrogen-bond acceptors (Lipinski definition) is 4. The van der Waals surface area contributed by atoms with Gasteiger partial charge < -0.3 is 4.74 Å². The predicted octanol–water partition coefficient (Wildman–Crippen LogP) is 3.94. The van der Waals surface area contributed by atoms with Crippen LogP contribution in [0.3, 0.4) is 0 Å². The van der Waals surface area contributed by atoms with E-state index in [0.717, 1.165) is 0 Å². The topological polar surface area (TPSA) is 63.7 Å². The van der Waals surface area contributed by atoms with Gasteiger partial charge in [0.25, 0.3) is 0 Å². The third-order valence-corrected chi connectivity index (χ3v) is 6.16. The Morgan fingerprint density at radius 2 is 1.33 bits per heavy atom. The standard InChI is InChI=1S/C21H17NO4S/c23-20-15-27(24,25)21(22(20)17-7-3-1-4-8-17)16-11-13-19(14-12-16)26-18-9-5-2-6-10-18/h1-14,21H,15H2/t21-/m0/s1. The van der Waals surface area contributed by atoms with Gasteiger partial charge in [-0.2, -0.15) is 0 Å². The zero-order valence-electron chi connectivity index (χ0n) is 14.4. The second-order valence-corrected chi connectivity index (χ2v) is 8.30. The Kier molecular flexibility index (Phi) is 4.41. The first kappa shape index (κ1) is 17.3. The first-order valence-corrected chi connectivity index (χ1v) is 10.2. The zero-order chi connectivity index (χ0) is 18.9. The molecular weight excluding hydrogens is 362 g/mol. The Labute approximate surface area is 157 Å². The molecule has 4 rings (SSSR count). The zero-order valence-corrected chi connectivity index (χ0v) is 15.2. The van der Waals surface area contributed by atoms with Crippen LogP contribution in [0.1, 0.15) is 10.9 Å². The number of nitrogens with zero attached hydrogens (tertiary/aromatic N) is 1. The molecule has 0 bridgehead atoms. The van der Waals surface area contributed by atoms with Crippen molar-refractivity contribution in [2.24, 2.45) is 0 Å². The fraction of sp³-hybridized carbons (Fsp3) is 0.0952. The van der Waals surface area contributed by atoms with Crippen molar-refractivity contribution in [3.05, 3.63) is 90.5 Å². The van der Waals surface area contributed by atoms with Crippen LogP contribution in [0.25, 0.3) is 0 Å². The summed E-state index contributed by atoms with van der Waals surface area (Å²) in [7, 11) is -3.62. The van der Waals surface area contributed by atoms with E-state index in [1.807, 2.05) is 36.4 Å². The summed E-state index contributed by atoms with van der Waals surface area (Å²) in [6, 6.07) is 25.0. The molecule has 0 unspecified atom stereocenters. The molecule has 6 heteroatoms. The molecule has 1 atom stereocenters. The lowest BCUT2D eigenvalue weighted by Gasteiger charge is -2.24. The van der Waals surface area contributed by atoms with Crippen molar-refractivity contribution in [3.8, 4) is 11.5 Å². The van der Waals surface area contributed by atoms with Crippen LogP contribution in [0, 0.1) is 0 Å². The number of para-hydroxylation sites is 2. The number of rotatable bonds is 4. The van der Waals surface area contributed by atoms with E-state index in [-0.39, 0.29) is 0 Å². The lowest BCUT2D eigenvalue weighted by Crippen LogP contribution is -2.28. The highest BCUT2D eigenvalue weighted by Crippen LogP contribution is 2.38. The summed E-state index contributed by atoms with van der Waals surface area (Å²) in [5.41, 5.74) is 1.10. The van der Waals surface area contributed by atoms with Crippen LogP contribution in [0.2, 0.25) is 0 Å². The van der Waals surface area contributed by atoms with Crippen molar-refractivity contribution in [1.82, 2.24) is 0 Å². The smallest absolute Gasteiger partial charge is 0.243 e. The van der Waals surface area contributed by atoms with Crippen LogP contribution in [0.15, 0.2) is 84.9 Å². The van der Waals surface area contributed by atoms with E-state index in [9.17, 15) is 13.2 Å². The predicted molar refractivity (Wildman–Crippen MR) is 103 cm³/mol. The Balaban J connectivity index is 1.66. The van der Waals surface area contributed by atoms with Gasteiger partial charge in [-0.25, -0.2) is 8.42 Å². The van der Waals surface area contributed by atoms with E-state index < -0.39 is 26.9 Å². The average molecular weight is 379 g/mol. The quantitative estimate of drug-likeness (QED) is 0.689. The fourth-order valence-corrected chi connectivity index (χ4v) is 4.93. The first-order chi connectivity index (χ1) is 13.0. The normalized spacial score (nSPS) is 18.4. The monoisotopic (exact) mass is 379 g/mol. The van der Waals surface area contributed by atoms with Crippen LogP contribution in [0.4, 0.5) is 5.69 Å². The molecule has 1 aliphatic rings. The van der Waals surface area contributed by atoms with Crippen LogP contribution < -0.4 is 9.64 Å². The van der Waals surface area contributed by atoms with Gasteiger partial charge in [0.2, 0.25) is 5.91 Å². The molecule has 1 fully saturated rings. The number of anilines is 1. The summed E-state index contributed by atoms with van der Waals surface area (Å²) in [5.74, 6) is 0.378. The third kappa shape index (κ3) is 3.44. The molecule has 3 aromatic carbocycles. The van der Waals surface area contributed by atoms with Gasteiger partial charge in [-0.3, -0.25) is 9.69 Å². The minimum atomic E-state index is -3.62. The highest BCUT2D eigenvalue weighted by atomic mass is 32.2. The number of carbonyl (C=O) groups excluding carboxylic acids is 1. The van der Waals surface area contributed by atoms with Crippen LogP contribution >= 0.6 is 0 Å². The largest absolute Gasteiger partial charge is 0.457 e. The van der Waals surface area contributed by atoms with Crippen molar-refractivity contribution in [2.75, 3.05) is 10.7 Å². The van der Waals surface area contributed by atoms with Crippen molar-refractivity contribution >= 4 is 21.4 Å². The molecule has 1 heterocycles. The first-order valence-electron chi connectivity index (χ1n) is 8.46. The molecule has 1 saturated heterocycles. The van der Waals surface area contributed by atoms with E-state index in [4.69, 9.17) is 4.74 Å². The van der Waals surface area contributed by atoms with Gasteiger partial charge in [-0.15, -0.1) is 0 Å². The molecule has 27 heavy (non-hydrogen) atoms. The van der Waals surface area contributed by atoms with Crippen LogP contribution in [0.5, 0.6) is 11.5 Å². The maximum Gasteiger partial charge on any atom is 0.243 e. The molecule has 0 aromatic heterocycles. The number of hydrogen-bond donors (Lipinski definition) is 0. The van der Waals surface area contributed by atoms with Crippen LogP contribution in [-0.4, -0.2) is 20.1 Å². The highest BCUT2D eigenvalue weighted by Gasteiger charge is 2.45. The summed E-state index contributed by atoms with van der Waals surface area (Å²) in [6.07, 6.45) is 0. The third-order valence-electron chi connectivity index (χ3n) is 4.35. The maximum atomic E-state index is 12.6. The summed E-state index contributed by atoms with van der Waals surface area (Å²) in [4.78, 5) is 13.8. The number of amides is 1. The van der Waals surface area contributed by atoms with Gasteiger partial charge in [-0.1, -0.05) is 48.5 Å². The van der Waals surface area contributed by atoms with Gasteiger partial charge in [0.1, 0.15) is 17.3 Å².